The Balaban J connectivity index is 1.61. The molecule has 27 heavy (non-hydrogen) atoms. The van der Waals surface area contributed by atoms with Gasteiger partial charge in [-0.25, -0.2) is 8.42 Å². The van der Waals surface area contributed by atoms with E-state index in [0.29, 0.717) is 12.2 Å². The molecule has 0 saturated carbocycles. The first-order chi connectivity index (χ1) is 12.6. The second kappa shape index (κ2) is 7.26. The Kier molecular flexibility index (Phi) is 5.19. The average molecular weight is 388 g/mol. The summed E-state index contributed by atoms with van der Waals surface area (Å²) in [7, 11) is -3.04. The lowest BCUT2D eigenvalue weighted by atomic mass is 9.87. The molecule has 1 aromatic carbocycles. The third-order valence-corrected chi connectivity index (χ3v) is 6.26. The first-order valence-electron chi connectivity index (χ1n) is 8.85. The minimum atomic E-state index is -3.04. The number of hydrogen-bond acceptors (Lipinski definition) is 6. The molecule has 1 unspecified atom stereocenters. The molecule has 3 rings (SSSR count). The number of carbonyl (C=O) groups excluding carboxylic acids is 1. The highest BCUT2D eigenvalue weighted by Gasteiger charge is 2.29. The normalized spacial score (nSPS) is 18.9. The number of benzene rings is 1. The second-order valence-corrected chi connectivity index (χ2v) is 10.1. The monoisotopic (exact) mass is 388 g/mol. The number of hydrogen-bond donors (Lipinski definition) is 2. The lowest BCUT2D eigenvalue weighted by molar-refractivity contribution is 0.0935. The average Bonchev–Trinajstić information content (AvgIpc) is 2.93. The summed E-state index contributed by atoms with van der Waals surface area (Å²) in [6.07, 6.45) is 0.436. The molecule has 0 radical (unpaired) electrons. The van der Waals surface area contributed by atoms with Gasteiger partial charge in [0.05, 0.1) is 11.5 Å². The van der Waals surface area contributed by atoms with Crippen molar-refractivity contribution in [2.24, 2.45) is 0 Å². The van der Waals surface area contributed by atoms with Gasteiger partial charge in [-0.1, -0.05) is 32.9 Å². The smallest absolute Gasteiger partial charge is 0.272 e. The maximum atomic E-state index is 12.2. The van der Waals surface area contributed by atoms with Crippen molar-refractivity contribution in [1.82, 2.24) is 15.5 Å². The molecule has 2 heterocycles. The maximum Gasteiger partial charge on any atom is 0.272 e. The van der Waals surface area contributed by atoms with E-state index in [1.165, 1.54) is 5.56 Å². The molecular weight excluding hydrogens is 364 g/mol. The standard InChI is InChI=1S/C19H24N4O3S/c1-19(2,3)13-4-6-14(7-5-13)20-17-9-8-16(22-23-17)18(24)21-15-10-11-27(25,26)12-15/h4-9,15H,10-12H2,1-3H3,(H,20,23)(H,21,24). The number of anilines is 2. The van der Waals surface area contributed by atoms with E-state index in [-0.39, 0.29) is 28.7 Å². The number of carbonyl (C=O) groups is 1. The molecule has 0 aliphatic carbocycles. The molecule has 2 N–H and O–H groups in total. The Hall–Kier alpha value is -2.48. The zero-order valence-corrected chi connectivity index (χ0v) is 16.5. The van der Waals surface area contributed by atoms with Gasteiger partial charge in [0.1, 0.15) is 0 Å². The Morgan fingerprint density at radius 2 is 1.78 bits per heavy atom. The molecule has 1 saturated heterocycles. The van der Waals surface area contributed by atoms with Crippen molar-refractivity contribution in [3.8, 4) is 0 Å². The predicted octanol–water partition coefficient (Wildman–Crippen LogP) is 2.43. The lowest BCUT2D eigenvalue weighted by Crippen LogP contribution is -2.36. The van der Waals surface area contributed by atoms with E-state index < -0.39 is 15.7 Å². The fraction of sp³-hybridized carbons (Fsp3) is 0.421. The molecule has 1 atom stereocenters. The van der Waals surface area contributed by atoms with Crippen LogP contribution in [0.25, 0.3) is 0 Å². The summed E-state index contributed by atoms with van der Waals surface area (Å²) in [5, 5.41) is 13.8. The van der Waals surface area contributed by atoms with Gasteiger partial charge in [0.2, 0.25) is 0 Å². The first kappa shape index (κ1) is 19.3. The molecule has 2 aromatic rings. The third kappa shape index (κ3) is 5.03. The summed E-state index contributed by atoms with van der Waals surface area (Å²) >= 11 is 0. The number of nitrogens with zero attached hydrogens (tertiary/aromatic N) is 2. The maximum absolute atomic E-state index is 12.2. The Labute approximate surface area is 159 Å². The summed E-state index contributed by atoms with van der Waals surface area (Å²) < 4.78 is 22.9. The van der Waals surface area contributed by atoms with Gasteiger partial charge in [-0.2, -0.15) is 0 Å². The molecule has 0 bridgehead atoms. The molecule has 1 aliphatic rings. The lowest BCUT2D eigenvalue weighted by Gasteiger charge is -2.19. The molecule has 1 aromatic heterocycles. The number of sulfone groups is 1. The van der Waals surface area contributed by atoms with E-state index >= 15 is 0 Å². The second-order valence-electron chi connectivity index (χ2n) is 7.83. The zero-order valence-electron chi connectivity index (χ0n) is 15.7. The summed E-state index contributed by atoms with van der Waals surface area (Å²) in [5.41, 5.74) is 2.37. The van der Waals surface area contributed by atoms with Gasteiger partial charge >= 0.3 is 0 Å². The fourth-order valence-corrected chi connectivity index (χ4v) is 4.56. The van der Waals surface area contributed by atoms with E-state index in [1.807, 2.05) is 12.1 Å². The molecule has 1 aliphatic heterocycles. The van der Waals surface area contributed by atoms with E-state index in [0.717, 1.165) is 5.69 Å². The topological polar surface area (TPSA) is 101 Å². The van der Waals surface area contributed by atoms with Crippen LogP contribution in [0.4, 0.5) is 11.5 Å². The van der Waals surface area contributed by atoms with Crippen molar-refractivity contribution in [1.29, 1.82) is 0 Å². The van der Waals surface area contributed by atoms with E-state index in [1.54, 1.807) is 12.1 Å². The molecule has 0 spiro atoms. The molecule has 7 nitrogen and oxygen atoms in total. The summed E-state index contributed by atoms with van der Waals surface area (Å²) in [6.45, 7) is 6.48. The van der Waals surface area contributed by atoms with Crippen molar-refractivity contribution in [3.05, 3.63) is 47.7 Å². The minimum Gasteiger partial charge on any atom is -0.347 e. The summed E-state index contributed by atoms with van der Waals surface area (Å²) in [6, 6.07) is 11.0. The Morgan fingerprint density at radius 3 is 2.30 bits per heavy atom. The molecule has 8 heteroatoms. The van der Waals surface area contributed by atoms with Gasteiger partial charge in [0.15, 0.2) is 21.3 Å². The summed E-state index contributed by atoms with van der Waals surface area (Å²) in [5.74, 6) is 0.209. The SMILES string of the molecule is CC(C)(C)c1ccc(Nc2ccc(C(=O)NC3CCS(=O)(=O)C3)nn2)cc1. The molecule has 1 amide bonds. The Bertz CT molecular complexity index is 917. The van der Waals surface area contributed by atoms with Crippen LogP contribution in [0.1, 0.15) is 43.2 Å². The first-order valence-corrected chi connectivity index (χ1v) is 10.7. The van der Waals surface area contributed by atoms with Crippen LogP contribution in [0.5, 0.6) is 0 Å². The van der Waals surface area contributed by atoms with Crippen molar-refractivity contribution in [2.45, 2.75) is 38.6 Å². The van der Waals surface area contributed by atoms with Gasteiger partial charge in [0.25, 0.3) is 5.91 Å². The van der Waals surface area contributed by atoms with Crippen molar-refractivity contribution in [2.75, 3.05) is 16.8 Å². The van der Waals surface area contributed by atoms with E-state index in [4.69, 9.17) is 0 Å². The van der Waals surface area contributed by atoms with Crippen LogP contribution in [0.15, 0.2) is 36.4 Å². The summed E-state index contributed by atoms with van der Waals surface area (Å²) in [4.78, 5) is 12.2. The van der Waals surface area contributed by atoms with Crippen molar-refractivity contribution >= 4 is 27.2 Å². The predicted molar refractivity (Wildman–Crippen MR) is 105 cm³/mol. The van der Waals surface area contributed by atoms with Gasteiger partial charge in [0, 0.05) is 11.7 Å². The van der Waals surface area contributed by atoms with Crippen LogP contribution in [-0.4, -0.2) is 42.1 Å². The van der Waals surface area contributed by atoms with Gasteiger partial charge in [-0.05, 0) is 41.7 Å². The van der Waals surface area contributed by atoms with Crippen LogP contribution in [0.3, 0.4) is 0 Å². The minimum absolute atomic E-state index is 0.0175. The number of amides is 1. The van der Waals surface area contributed by atoms with E-state index in [2.05, 4.69) is 53.7 Å². The van der Waals surface area contributed by atoms with Crippen LogP contribution < -0.4 is 10.6 Å². The number of aromatic nitrogens is 2. The van der Waals surface area contributed by atoms with Crippen LogP contribution in [-0.2, 0) is 15.3 Å². The van der Waals surface area contributed by atoms with Gasteiger partial charge in [-0.3, -0.25) is 4.79 Å². The zero-order chi connectivity index (χ0) is 19.7. The van der Waals surface area contributed by atoms with Gasteiger partial charge < -0.3 is 10.6 Å². The Morgan fingerprint density at radius 1 is 1.07 bits per heavy atom. The van der Waals surface area contributed by atoms with E-state index in [9.17, 15) is 13.2 Å². The molecule has 144 valence electrons. The van der Waals surface area contributed by atoms with Crippen LogP contribution in [0.2, 0.25) is 0 Å². The van der Waals surface area contributed by atoms with Crippen LogP contribution >= 0.6 is 0 Å². The van der Waals surface area contributed by atoms with Crippen LogP contribution in [0, 0.1) is 0 Å². The highest BCUT2D eigenvalue weighted by molar-refractivity contribution is 7.91. The quantitative estimate of drug-likeness (QED) is 0.834. The third-order valence-electron chi connectivity index (χ3n) is 4.49. The highest BCUT2D eigenvalue weighted by Crippen LogP contribution is 2.24. The number of nitrogens with one attached hydrogen (secondary N) is 2. The van der Waals surface area contributed by atoms with Crippen molar-refractivity contribution in [3.63, 3.8) is 0 Å². The molecule has 1 fully saturated rings. The fourth-order valence-electron chi connectivity index (χ4n) is 2.89. The van der Waals surface area contributed by atoms with Gasteiger partial charge in [-0.15, -0.1) is 10.2 Å². The highest BCUT2D eigenvalue weighted by atomic mass is 32.2. The largest absolute Gasteiger partial charge is 0.347 e. The van der Waals surface area contributed by atoms with Crippen molar-refractivity contribution < 1.29 is 13.2 Å². The number of rotatable bonds is 4. The molecular formula is C19H24N4O3S.